The number of fused-ring (bicyclic) bond motifs is 1. The minimum Gasteiger partial charge on any atom is -0.342 e. The normalized spacial score (nSPS) is 15.5. The van der Waals surface area contributed by atoms with Crippen molar-refractivity contribution >= 4 is 23.4 Å². The molecule has 1 aliphatic rings. The number of amides is 1. The van der Waals surface area contributed by atoms with Gasteiger partial charge < -0.3 is 4.90 Å². The molecular formula is C19H21N5OS. The fourth-order valence-electron chi connectivity index (χ4n) is 3.37. The minimum absolute atomic E-state index is 0.175. The van der Waals surface area contributed by atoms with Gasteiger partial charge in [0, 0.05) is 25.5 Å². The molecule has 0 bridgehead atoms. The fourth-order valence-corrected chi connectivity index (χ4v) is 4.19. The third-order valence-electron chi connectivity index (χ3n) is 4.82. The Morgan fingerprint density at radius 1 is 1.12 bits per heavy atom. The molecule has 1 fully saturated rings. The van der Waals surface area contributed by atoms with E-state index in [4.69, 9.17) is 0 Å². The third kappa shape index (κ3) is 3.88. The van der Waals surface area contributed by atoms with Gasteiger partial charge in [0.25, 0.3) is 5.78 Å². The van der Waals surface area contributed by atoms with E-state index in [0.717, 1.165) is 32.4 Å². The van der Waals surface area contributed by atoms with Gasteiger partial charge in [0.2, 0.25) is 5.91 Å². The molecule has 0 saturated carbocycles. The Balaban J connectivity index is 1.27. The number of nitrogens with zero attached hydrogens (tertiary/aromatic N) is 5. The predicted octanol–water partition coefficient (Wildman–Crippen LogP) is 2.70. The summed E-state index contributed by atoms with van der Waals surface area (Å²) in [5, 5.41) is 8.84. The van der Waals surface area contributed by atoms with Crippen molar-refractivity contribution in [2.45, 2.75) is 24.4 Å². The monoisotopic (exact) mass is 367 g/mol. The topological polar surface area (TPSA) is 63.4 Å². The summed E-state index contributed by atoms with van der Waals surface area (Å²) in [6, 6.07) is 12.4. The molecule has 7 heteroatoms. The number of rotatable bonds is 5. The second kappa shape index (κ2) is 7.86. The molecule has 2 aromatic heterocycles. The molecule has 0 aliphatic carbocycles. The van der Waals surface area contributed by atoms with Gasteiger partial charge in [-0.25, -0.2) is 4.98 Å². The quantitative estimate of drug-likeness (QED) is 0.649. The summed E-state index contributed by atoms with van der Waals surface area (Å²) < 4.78 is 1.81. The van der Waals surface area contributed by atoms with E-state index >= 15 is 0 Å². The first kappa shape index (κ1) is 17.0. The lowest BCUT2D eigenvalue weighted by molar-refractivity contribution is -0.129. The fraction of sp³-hybridized carbons (Fsp3) is 0.368. The Hall–Kier alpha value is -2.41. The lowest BCUT2D eigenvalue weighted by Gasteiger charge is -2.32. The maximum atomic E-state index is 12.5. The van der Waals surface area contributed by atoms with Crippen LogP contribution in [0.1, 0.15) is 18.4 Å². The van der Waals surface area contributed by atoms with Gasteiger partial charge in [0.05, 0.1) is 5.75 Å². The predicted molar refractivity (Wildman–Crippen MR) is 101 cm³/mol. The Bertz CT molecular complexity index is 874. The second-order valence-corrected chi connectivity index (χ2v) is 7.52. The molecule has 0 atom stereocenters. The highest BCUT2D eigenvalue weighted by Gasteiger charge is 2.23. The summed E-state index contributed by atoms with van der Waals surface area (Å²) in [5.41, 5.74) is 1.39. The number of likely N-dealkylation sites (tertiary alicyclic amines) is 1. The number of carbonyl (C=O) groups is 1. The van der Waals surface area contributed by atoms with Gasteiger partial charge in [-0.15, -0.1) is 10.2 Å². The van der Waals surface area contributed by atoms with Gasteiger partial charge >= 0.3 is 0 Å². The van der Waals surface area contributed by atoms with E-state index in [-0.39, 0.29) is 5.91 Å². The van der Waals surface area contributed by atoms with Crippen LogP contribution in [0.2, 0.25) is 0 Å². The van der Waals surface area contributed by atoms with Gasteiger partial charge in [-0.3, -0.25) is 9.20 Å². The van der Waals surface area contributed by atoms with Crippen LogP contribution in [0.25, 0.3) is 5.78 Å². The van der Waals surface area contributed by atoms with Gasteiger partial charge in [-0.1, -0.05) is 42.1 Å². The number of benzene rings is 1. The number of hydrogen-bond donors (Lipinski definition) is 0. The van der Waals surface area contributed by atoms with Crippen molar-refractivity contribution in [3.05, 3.63) is 54.4 Å². The van der Waals surface area contributed by atoms with Crippen molar-refractivity contribution in [2.24, 2.45) is 5.92 Å². The lowest BCUT2D eigenvalue weighted by atomic mass is 9.90. The van der Waals surface area contributed by atoms with E-state index in [0.29, 0.717) is 22.6 Å². The zero-order chi connectivity index (χ0) is 17.8. The van der Waals surface area contributed by atoms with E-state index in [1.807, 2.05) is 21.6 Å². The van der Waals surface area contributed by atoms with E-state index in [1.165, 1.54) is 17.3 Å². The lowest BCUT2D eigenvalue weighted by Crippen LogP contribution is -2.39. The highest BCUT2D eigenvalue weighted by Crippen LogP contribution is 2.23. The SMILES string of the molecule is O=C(CSc1nnc2ncccn12)N1CCC(Cc2ccccc2)CC1. The molecule has 3 aromatic rings. The molecule has 0 unspecified atom stereocenters. The summed E-state index contributed by atoms with van der Waals surface area (Å²) in [6.07, 6.45) is 6.80. The number of aromatic nitrogens is 4. The standard InChI is InChI=1S/C19H21N5OS/c25-17(14-26-19-22-21-18-20-9-4-10-24(18)19)23-11-7-16(8-12-23)13-15-5-2-1-3-6-15/h1-6,9-10,16H,7-8,11-14H2. The van der Waals surface area contributed by atoms with Crippen LogP contribution in [0.4, 0.5) is 0 Å². The molecule has 6 nitrogen and oxygen atoms in total. The third-order valence-corrected chi connectivity index (χ3v) is 5.74. The van der Waals surface area contributed by atoms with Crippen molar-refractivity contribution in [3.63, 3.8) is 0 Å². The summed E-state index contributed by atoms with van der Waals surface area (Å²) in [6.45, 7) is 1.69. The maximum Gasteiger partial charge on any atom is 0.255 e. The average Bonchev–Trinajstić information content (AvgIpc) is 3.11. The summed E-state index contributed by atoms with van der Waals surface area (Å²) in [7, 11) is 0. The van der Waals surface area contributed by atoms with Crippen molar-refractivity contribution in [1.82, 2.24) is 24.5 Å². The number of thioether (sulfide) groups is 1. The number of hydrogen-bond acceptors (Lipinski definition) is 5. The molecule has 134 valence electrons. The van der Waals surface area contributed by atoms with Crippen LogP contribution in [0, 0.1) is 5.92 Å². The molecule has 0 N–H and O–H groups in total. The Labute approximate surface area is 156 Å². The molecule has 3 heterocycles. The van der Waals surface area contributed by atoms with Crippen molar-refractivity contribution in [1.29, 1.82) is 0 Å². The van der Waals surface area contributed by atoms with Crippen LogP contribution < -0.4 is 0 Å². The maximum absolute atomic E-state index is 12.5. The molecule has 1 amide bonds. The zero-order valence-electron chi connectivity index (χ0n) is 14.5. The van der Waals surface area contributed by atoms with Crippen LogP contribution >= 0.6 is 11.8 Å². The van der Waals surface area contributed by atoms with Crippen LogP contribution in [-0.4, -0.2) is 49.2 Å². The van der Waals surface area contributed by atoms with Gasteiger partial charge in [-0.2, -0.15) is 0 Å². The average molecular weight is 367 g/mol. The molecular weight excluding hydrogens is 346 g/mol. The van der Waals surface area contributed by atoms with Crippen LogP contribution in [0.3, 0.4) is 0 Å². The van der Waals surface area contributed by atoms with Crippen molar-refractivity contribution < 1.29 is 4.79 Å². The molecule has 26 heavy (non-hydrogen) atoms. The van der Waals surface area contributed by atoms with Crippen LogP contribution in [-0.2, 0) is 11.2 Å². The molecule has 1 aromatic carbocycles. The van der Waals surface area contributed by atoms with Gasteiger partial charge in [-0.05, 0) is 36.8 Å². The van der Waals surface area contributed by atoms with Crippen LogP contribution in [0.15, 0.2) is 53.9 Å². The van der Waals surface area contributed by atoms with Gasteiger partial charge in [0.1, 0.15) is 0 Å². The molecule has 1 aliphatic heterocycles. The Morgan fingerprint density at radius 3 is 2.73 bits per heavy atom. The highest BCUT2D eigenvalue weighted by molar-refractivity contribution is 7.99. The summed E-state index contributed by atoms with van der Waals surface area (Å²) in [5.74, 6) is 1.79. The van der Waals surface area contributed by atoms with Gasteiger partial charge in [0.15, 0.2) is 5.16 Å². The molecule has 0 radical (unpaired) electrons. The smallest absolute Gasteiger partial charge is 0.255 e. The molecule has 1 saturated heterocycles. The number of carbonyl (C=O) groups excluding carboxylic acids is 1. The summed E-state index contributed by atoms with van der Waals surface area (Å²) >= 11 is 1.42. The zero-order valence-corrected chi connectivity index (χ0v) is 15.3. The van der Waals surface area contributed by atoms with E-state index < -0.39 is 0 Å². The minimum atomic E-state index is 0.175. The first-order valence-electron chi connectivity index (χ1n) is 8.90. The highest BCUT2D eigenvalue weighted by atomic mass is 32.2. The second-order valence-electron chi connectivity index (χ2n) is 6.57. The van der Waals surface area contributed by atoms with E-state index in [9.17, 15) is 4.79 Å². The number of piperidine rings is 1. The molecule has 4 rings (SSSR count). The summed E-state index contributed by atoms with van der Waals surface area (Å²) in [4.78, 5) is 18.7. The molecule has 0 spiro atoms. The van der Waals surface area contributed by atoms with Crippen molar-refractivity contribution in [3.8, 4) is 0 Å². The largest absolute Gasteiger partial charge is 0.342 e. The Kier molecular flexibility index (Phi) is 5.15. The first-order valence-corrected chi connectivity index (χ1v) is 9.88. The van der Waals surface area contributed by atoms with Crippen LogP contribution in [0.5, 0.6) is 0 Å². The van der Waals surface area contributed by atoms with E-state index in [1.54, 1.807) is 6.20 Å². The van der Waals surface area contributed by atoms with Crippen molar-refractivity contribution in [2.75, 3.05) is 18.8 Å². The Morgan fingerprint density at radius 2 is 1.92 bits per heavy atom. The first-order chi connectivity index (χ1) is 12.8. The van der Waals surface area contributed by atoms with E-state index in [2.05, 4.69) is 45.5 Å².